The average Bonchev–Trinajstić information content (AvgIpc) is 2.82. The summed E-state index contributed by atoms with van der Waals surface area (Å²) in [6, 6.07) is 9.19. The number of hydrogen-bond acceptors (Lipinski definition) is 2. The van der Waals surface area contributed by atoms with Crippen molar-refractivity contribution in [1.82, 2.24) is 9.78 Å². The highest BCUT2D eigenvalue weighted by Gasteiger charge is 1.97. The molecule has 0 amide bonds. The molecule has 3 heteroatoms. The van der Waals surface area contributed by atoms with Crippen molar-refractivity contribution in [2.45, 2.75) is 13.5 Å². The summed E-state index contributed by atoms with van der Waals surface area (Å²) in [5.41, 5.74) is 1.54. The van der Waals surface area contributed by atoms with Crippen LogP contribution in [0.15, 0.2) is 42.7 Å². The van der Waals surface area contributed by atoms with E-state index in [0.29, 0.717) is 12.1 Å². The minimum atomic E-state index is 0.0562. The van der Waals surface area contributed by atoms with Crippen molar-refractivity contribution in [3.63, 3.8) is 0 Å². The SMILES string of the molecule is CC(=O)c1cccc(C#CCn2cccn2)c1. The maximum absolute atomic E-state index is 11.2. The summed E-state index contributed by atoms with van der Waals surface area (Å²) in [7, 11) is 0. The van der Waals surface area contributed by atoms with Gasteiger partial charge in [-0.15, -0.1) is 0 Å². The molecule has 3 nitrogen and oxygen atoms in total. The molecule has 0 aliphatic heterocycles. The Morgan fingerprint density at radius 2 is 2.29 bits per heavy atom. The monoisotopic (exact) mass is 224 g/mol. The van der Waals surface area contributed by atoms with E-state index < -0.39 is 0 Å². The molecule has 0 spiro atoms. The number of rotatable bonds is 2. The van der Waals surface area contributed by atoms with E-state index >= 15 is 0 Å². The molecule has 1 aromatic heterocycles. The van der Waals surface area contributed by atoms with Crippen LogP contribution in [0.1, 0.15) is 22.8 Å². The van der Waals surface area contributed by atoms with Gasteiger partial charge in [0.05, 0.1) is 0 Å². The smallest absolute Gasteiger partial charge is 0.159 e. The molecule has 0 radical (unpaired) electrons. The summed E-state index contributed by atoms with van der Waals surface area (Å²) in [6.45, 7) is 2.10. The fourth-order valence-corrected chi connectivity index (χ4v) is 1.43. The van der Waals surface area contributed by atoms with Gasteiger partial charge in [-0.2, -0.15) is 5.10 Å². The molecule has 0 saturated carbocycles. The van der Waals surface area contributed by atoms with Crippen molar-refractivity contribution in [1.29, 1.82) is 0 Å². The van der Waals surface area contributed by atoms with Crippen LogP contribution in [0.25, 0.3) is 0 Å². The molecule has 0 aliphatic carbocycles. The Morgan fingerprint density at radius 3 is 3.00 bits per heavy atom. The van der Waals surface area contributed by atoms with E-state index in [2.05, 4.69) is 16.9 Å². The second kappa shape index (κ2) is 5.13. The average molecular weight is 224 g/mol. The molecule has 84 valence electrons. The van der Waals surface area contributed by atoms with E-state index in [0.717, 1.165) is 5.56 Å². The summed E-state index contributed by atoms with van der Waals surface area (Å²) in [6.07, 6.45) is 3.58. The molecule has 0 aliphatic rings. The van der Waals surface area contributed by atoms with E-state index in [4.69, 9.17) is 0 Å². The fraction of sp³-hybridized carbons (Fsp3) is 0.143. The summed E-state index contributed by atoms with van der Waals surface area (Å²) >= 11 is 0. The number of aromatic nitrogens is 2. The van der Waals surface area contributed by atoms with Crippen molar-refractivity contribution >= 4 is 5.78 Å². The molecule has 2 rings (SSSR count). The third-order valence-corrected chi connectivity index (χ3v) is 2.30. The van der Waals surface area contributed by atoms with Gasteiger partial charge in [0.25, 0.3) is 0 Å². The van der Waals surface area contributed by atoms with Gasteiger partial charge >= 0.3 is 0 Å². The summed E-state index contributed by atoms with van der Waals surface area (Å²) in [5.74, 6) is 6.08. The number of ketones is 1. The normalized spacial score (nSPS) is 9.47. The van der Waals surface area contributed by atoms with Crippen LogP contribution in [0, 0.1) is 11.8 Å². The van der Waals surface area contributed by atoms with Crippen LogP contribution in [0.4, 0.5) is 0 Å². The first-order valence-electron chi connectivity index (χ1n) is 5.33. The van der Waals surface area contributed by atoms with E-state index in [9.17, 15) is 4.79 Å². The lowest BCUT2D eigenvalue weighted by molar-refractivity contribution is 0.101. The molecule has 2 aromatic rings. The van der Waals surface area contributed by atoms with Crippen molar-refractivity contribution in [2.24, 2.45) is 0 Å². The third-order valence-electron chi connectivity index (χ3n) is 2.30. The van der Waals surface area contributed by atoms with Gasteiger partial charge in [-0.05, 0) is 25.1 Å². The quantitative estimate of drug-likeness (QED) is 0.578. The highest BCUT2D eigenvalue weighted by atomic mass is 16.1. The van der Waals surface area contributed by atoms with Crippen molar-refractivity contribution in [3.8, 4) is 11.8 Å². The number of carbonyl (C=O) groups excluding carboxylic acids is 1. The van der Waals surface area contributed by atoms with Crippen LogP contribution in [0.5, 0.6) is 0 Å². The minimum Gasteiger partial charge on any atom is -0.295 e. The predicted octanol–water partition coefficient (Wildman–Crippen LogP) is 2.14. The second-order valence-corrected chi connectivity index (χ2v) is 3.64. The zero-order chi connectivity index (χ0) is 12.1. The maximum atomic E-state index is 11.2. The molecule has 0 N–H and O–H groups in total. The Morgan fingerprint density at radius 1 is 1.41 bits per heavy atom. The van der Waals surface area contributed by atoms with Crippen LogP contribution in [0.3, 0.4) is 0 Å². The van der Waals surface area contributed by atoms with Gasteiger partial charge in [0.1, 0.15) is 6.54 Å². The van der Waals surface area contributed by atoms with E-state index in [1.807, 2.05) is 24.4 Å². The van der Waals surface area contributed by atoms with Gasteiger partial charge in [-0.3, -0.25) is 9.48 Å². The maximum Gasteiger partial charge on any atom is 0.159 e. The molecule has 0 unspecified atom stereocenters. The van der Waals surface area contributed by atoms with Crippen LogP contribution in [-0.2, 0) is 6.54 Å². The predicted molar refractivity (Wildman–Crippen MR) is 65.6 cm³/mol. The third kappa shape index (κ3) is 3.05. The van der Waals surface area contributed by atoms with Gasteiger partial charge < -0.3 is 0 Å². The van der Waals surface area contributed by atoms with E-state index in [1.165, 1.54) is 0 Å². The number of nitrogens with zero attached hydrogens (tertiary/aromatic N) is 2. The molecule has 0 fully saturated rings. The zero-order valence-corrected chi connectivity index (χ0v) is 9.55. The minimum absolute atomic E-state index is 0.0562. The van der Waals surface area contributed by atoms with Crippen molar-refractivity contribution in [3.05, 3.63) is 53.9 Å². The Kier molecular flexibility index (Phi) is 3.37. The summed E-state index contributed by atoms with van der Waals surface area (Å²) in [5, 5.41) is 4.05. The Balaban J connectivity index is 2.11. The highest BCUT2D eigenvalue weighted by molar-refractivity contribution is 5.94. The first kappa shape index (κ1) is 11.2. The van der Waals surface area contributed by atoms with Crippen molar-refractivity contribution < 1.29 is 4.79 Å². The lowest BCUT2D eigenvalue weighted by Gasteiger charge is -1.95. The van der Waals surface area contributed by atoms with Crippen molar-refractivity contribution in [2.75, 3.05) is 0 Å². The van der Waals surface area contributed by atoms with Crippen LogP contribution < -0.4 is 0 Å². The second-order valence-electron chi connectivity index (χ2n) is 3.64. The van der Waals surface area contributed by atoms with Crippen LogP contribution in [-0.4, -0.2) is 15.6 Å². The van der Waals surface area contributed by atoms with Gasteiger partial charge in [-0.25, -0.2) is 0 Å². The van der Waals surface area contributed by atoms with Gasteiger partial charge in [-0.1, -0.05) is 24.0 Å². The first-order valence-corrected chi connectivity index (χ1v) is 5.33. The summed E-state index contributed by atoms with van der Waals surface area (Å²) in [4.78, 5) is 11.2. The molecule has 0 atom stereocenters. The van der Waals surface area contributed by atoms with E-state index in [-0.39, 0.29) is 5.78 Å². The lowest BCUT2D eigenvalue weighted by atomic mass is 10.1. The molecule has 17 heavy (non-hydrogen) atoms. The highest BCUT2D eigenvalue weighted by Crippen LogP contribution is 2.04. The largest absolute Gasteiger partial charge is 0.295 e. The number of benzene rings is 1. The molecule has 0 bridgehead atoms. The van der Waals surface area contributed by atoms with Crippen LogP contribution >= 0.6 is 0 Å². The van der Waals surface area contributed by atoms with Crippen LogP contribution in [0.2, 0.25) is 0 Å². The van der Waals surface area contributed by atoms with Gasteiger partial charge in [0, 0.05) is 23.5 Å². The molecular weight excluding hydrogens is 212 g/mol. The number of Topliss-reactive ketones (excluding diaryl/α,β-unsaturated/α-hetero) is 1. The Hall–Kier alpha value is -2.34. The Labute approximate surface area is 100 Å². The molecule has 1 aromatic carbocycles. The fourth-order valence-electron chi connectivity index (χ4n) is 1.43. The number of hydrogen-bond donors (Lipinski definition) is 0. The Bertz CT molecular complexity index is 574. The number of carbonyl (C=O) groups is 1. The molecular formula is C14H12N2O. The lowest BCUT2D eigenvalue weighted by Crippen LogP contribution is -1.95. The first-order chi connectivity index (χ1) is 8.25. The molecule has 0 saturated heterocycles. The summed E-state index contributed by atoms with van der Waals surface area (Å²) < 4.78 is 1.75. The topological polar surface area (TPSA) is 34.9 Å². The standard InChI is InChI=1S/C14H12N2O/c1-12(17)14-7-2-5-13(11-14)6-3-9-16-10-4-8-15-16/h2,4-5,7-8,10-11H,9H2,1H3. The molecule has 1 heterocycles. The zero-order valence-electron chi connectivity index (χ0n) is 9.55. The van der Waals surface area contributed by atoms with Gasteiger partial charge in [0.15, 0.2) is 5.78 Å². The van der Waals surface area contributed by atoms with E-state index in [1.54, 1.807) is 29.9 Å². The van der Waals surface area contributed by atoms with Gasteiger partial charge in [0.2, 0.25) is 0 Å².